The molecule has 0 bridgehead atoms. The summed E-state index contributed by atoms with van der Waals surface area (Å²) in [6.45, 7) is 10.7. The predicted octanol–water partition coefficient (Wildman–Crippen LogP) is 5.71. The third-order valence-corrected chi connectivity index (χ3v) is 8.63. The molecular weight excluding hydrogens is 372 g/mol. The van der Waals surface area contributed by atoms with Crippen LogP contribution in [-0.4, -0.2) is 33.6 Å². The summed E-state index contributed by atoms with van der Waals surface area (Å²) < 4.78 is 0. The van der Waals surface area contributed by atoms with E-state index < -0.39 is 5.60 Å². The first-order valence-electron chi connectivity index (χ1n) is 12.3. The van der Waals surface area contributed by atoms with Crippen molar-refractivity contribution in [3.63, 3.8) is 0 Å². The minimum atomic E-state index is -0.938. The highest BCUT2D eigenvalue weighted by Crippen LogP contribution is 2.60. The lowest BCUT2D eigenvalue weighted by Gasteiger charge is -2.44. The molecule has 6 unspecified atom stereocenters. The summed E-state index contributed by atoms with van der Waals surface area (Å²) in [6, 6.07) is 0. The van der Waals surface area contributed by atoms with Crippen molar-refractivity contribution in [3.8, 4) is 0 Å². The van der Waals surface area contributed by atoms with Crippen LogP contribution in [0.3, 0.4) is 0 Å². The van der Waals surface area contributed by atoms with E-state index in [0.29, 0.717) is 23.7 Å². The summed E-state index contributed by atoms with van der Waals surface area (Å²) in [7, 11) is 0. The molecule has 170 valence electrons. The molecule has 3 rings (SSSR count). The van der Waals surface area contributed by atoms with Gasteiger partial charge in [0.25, 0.3) is 0 Å². The monoisotopic (exact) mass is 416 g/mol. The molecule has 0 aromatic carbocycles. The van der Waals surface area contributed by atoms with Crippen LogP contribution in [0.2, 0.25) is 0 Å². The molecule has 3 heteroatoms. The Morgan fingerprint density at radius 2 is 2.00 bits per heavy atom. The zero-order valence-electron chi connectivity index (χ0n) is 19.5. The van der Waals surface area contributed by atoms with Crippen molar-refractivity contribution in [2.75, 3.05) is 6.61 Å². The quantitative estimate of drug-likeness (QED) is 0.498. The second kappa shape index (κ2) is 9.71. The summed E-state index contributed by atoms with van der Waals surface area (Å²) in [5, 5.41) is 29.4. The first-order chi connectivity index (χ1) is 14.2. The fraction of sp³-hybridized carbons (Fsp3) is 0.778. The molecule has 30 heavy (non-hydrogen) atoms. The van der Waals surface area contributed by atoms with Gasteiger partial charge in [0.05, 0.1) is 18.3 Å². The second-order valence-electron chi connectivity index (χ2n) is 11.1. The Balaban J connectivity index is 1.66. The van der Waals surface area contributed by atoms with Crippen LogP contribution in [-0.2, 0) is 0 Å². The minimum Gasteiger partial charge on any atom is -0.393 e. The number of fused-ring (bicyclic) bond motifs is 1. The number of aliphatic hydroxyl groups is 3. The molecule has 0 saturated heterocycles. The third-order valence-electron chi connectivity index (χ3n) is 8.63. The first kappa shape index (κ1) is 23.8. The average Bonchev–Trinajstić information content (AvgIpc) is 3.06. The predicted molar refractivity (Wildman–Crippen MR) is 124 cm³/mol. The molecule has 3 aliphatic rings. The maximum atomic E-state index is 10.1. The molecule has 3 saturated carbocycles. The highest BCUT2D eigenvalue weighted by atomic mass is 16.3. The first-order valence-corrected chi connectivity index (χ1v) is 12.3. The lowest BCUT2D eigenvalue weighted by Crippen LogP contribution is -2.36. The lowest BCUT2D eigenvalue weighted by atomic mass is 9.60. The van der Waals surface area contributed by atoms with E-state index in [1.165, 1.54) is 43.3 Å². The fourth-order valence-electron chi connectivity index (χ4n) is 6.69. The fourth-order valence-corrected chi connectivity index (χ4v) is 6.69. The van der Waals surface area contributed by atoms with Crippen molar-refractivity contribution < 1.29 is 15.3 Å². The lowest BCUT2D eigenvalue weighted by molar-refractivity contribution is -0.00891. The Morgan fingerprint density at radius 3 is 2.73 bits per heavy atom. The van der Waals surface area contributed by atoms with Gasteiger partial charge in [0.1, 0.15) is 0 Å². The van der Waals surface area contributed by atoms with Crippen molar-refractivity contribution in [1.29, 1.82) is 0 Å². The van der Waals surface area contributed by atoms with Crippen molar-refractivity contribution in [2.24, 2.45) is 23.2 Å². The number of hydrogen-bond donors (Lipinski definition) is 3. The van der Waals surface area contributed by atoms with E-state index in [1.54, 1.807) is 12.5 Å². The third kappa shape index (κ3) is 5.29. The van der Waals surface area contributed by atoms with Crippen LogP contribution in [0.4, 0.5) is 0 Å². The molecule has 0 aromatic heterocycles. The van der Waals surface area contributed by atoms with Crippen molar-refractivity contribution in [2.45, 2.75) is 103 Å². The van der Waals surface area contributed by atoms with E-state index in [0.717, 1.165) is 38.0 Å². The van der Waals surface area contributed by atoms with Gasteiger partial charge in [-0.1, -0.05) is 56.6 Å². The van der Waals surface area contributed by atoms with Crippen LogP contribution in [0.1, 0.15) is 91.4 Å². The van der Waals surface area contributed by atoms with E-state index >= 15 is 0 Å². The standard InChI is InChI=1S/C27H44O3/c1-19-9-12-23(29)17-22(19)11-10-21-8-6-16-27(4)24(13-14-25(21)27)20(2)7-5-15-26(3,30)18-28/h10-11,20,23-25,28-30H,1,5-9,12-18H2,2-4H3/b21-10+,22-11?. The smallest absolute Gasteiger partial charge is 0.0849 e. The van der Waals surface area contributed by atoms with Crippen LogP contribution in [0.15, 0.2) is 35.5 Å². The number of rotatable bonds is 7. The van der Waals surface area contributed by atoms with Crippen LogP contribution in [0.25, 0.3) is 0 Å². The van der Waals surface area contributed by atoms with Gasteiger partial charge in [-0.05, 0) is 93.5 Å². The number of aliphatic hydroxyl groups excluding tert-OH is 2. The molecule has 0 spiro atoms. The van der Waals surface area contributed by atoms with Gasteiger partial charge in [0.15, 0.2) is 0 Å². The van der Waals surface area contributed by atoms with Gasteiger partial charge in [0, 0.05) is 0 Å². The van der Waals surface area contributed by atoms with Crippen LogP contribution >= 0.6 is 0 Å². The molecule has 0 heterocycles. The zero-order chi connectivity index (χ0) is 21.9. The topological polar surface area (TPSA) is 60.7 Å². The molecule has 0 amide bonds. The molecule has 6 atom stereocenters. The summed E-state index contributed by atoms with van der Waals surface area (Å²) in [5.74, 6) is 2.07. The van der Waals surface area contributed by atoms with E-state index in [9.17, 15) is 15.3 Å². The Hall–Kier alpha value is -0.900. The SMILES string of the molecule is C=C1CCC(O)CC1=C/C=C1\CCCC2(C)C1CCC2C(C)CCCC(C)(O)CO. The Kier molecular flexibility index (Phi) is 7.69. The van der Waals surface area contributed by atoms with Gasteiger partial charge in [0.2, 0.25) is 0 Å². The molecule has 3 fully saturated rings. The molecule has 0 radical (unpaired) electrons. The van der Waals surface area contributed by atoms with Gasteiger partial charge >= 0.3 is 0 Å². The Morgan fingerprint density at radius 1 is 1.23 bits per heavy atom. The van der Waals surface area contributed by atoms with Crippen LogP contribution in [0, 0.1) is 23.2 Å². The largest absolute Gasteiger partial charge is 0.393 e. The summed E-state index contributed by atoms with van der Waals surface area (Å²) >= 11 is 0. The molecular formula is C27H44O3. The summed E-state index contributed by atoms with van der Waals surface area (Å²) in [5.41, 5.74) is 3.50. The highest BCUT2D eigenvalue weighted by Gasteiger charge is 2.50. The van der Waals surface area contributed by atoms with Crippen LogP contribution < -0.4 is 0 Å². The van der Waals surface area contributed by atoms with Crippen molar-refractivity contribution in [1.82, 2.24) is 0 Å². The Labute approximate surface area is 184 Å². The average molecular weight is 417 g/mol. The zero-order valence-corrected chi connectivity index (χ0v) is 19.5. The molecule has 3 N–H and O–H groups in total. The van der Waals surface area contributed by atoms with E-state index in [-0.39, 0.29) is 12.7 Å². The van der Waals surface area contributed by atoms with E-state index in [2.05, 4.69) is 32.6 Å². The second-order valence-corrected chi connectivity index (χ2v) is 11.1. The molecule has 3 nitrogen and oxygen atoms in total. The van der Waals surface area contributed by atoms with Gasteiger partial charge in [-0.2, -0.15) is 0 Å². The van der Waals surface area contributed by atoms with Gasteiger partial charge < -0.3 is 15.3 Å². The number of allylic oxidation sites excluding steroid dienone is 4. The van der Waals surface area contributed by atoms with Crippen molar-refractivity contribution in [3.05, 3.63) is 35.5 Å². The Bertz CT molecular complexity index is 674. The maximum Gasteiger partial charge on any atom is 0.0849 e. The maximum absolute atomic E-state index is 10.1. The summed E-state index contributed by atoms with van der Waals surface area (Å²) in [6.07, 6.45) is 16.1. The van der Waals surface area contributed by atoms with Gasteiger partial charge in [-0.15, -0.1) is 0 Å². The van der Waals surface area contributed by atoms with Gasteiger partial charge in [-0.25, -0.2) is 0 Å². The van der Waals surface area contributed by atoms with Crippen LogP contribution in [0.5, 0.6) is 0 Å². The normalized spacial score (nSPS) is 37.9. The minimum absolute atomic E-state index is 0.155. The molecule has 0 aliphatic heterocycles. The van der Waals surface area contributed by atoms with E-state index in [1.807, 2.05) is 0 Å². The van der Waals surface area contributed by atoms with Crippen molar-refractivity contribution >= 4 is 0 Å². The van der Waals surface area contributed by atoms with E-state index in [4.69, 9.17) is 0 Å². The van der Waals surface area contributed by atoms with Gasteiger partial charge in [-0.3, -0.25) is 0 Å². The highest BCUT2D eigenvalue weighted by molar-refractivity contribution is 5.36. The number of hydrogen-bond acceptors (Lipinski definition) is 3. The molecule has 0 aromatic rings. The molecule has 3 aliphatic carbocycles. The summed E-state index contributed by atoms with van der Waals surface area (Å²) in [4.78, 5) is 0.